The Morgan fingerprint density at radius 3 is 2.79 bits per heavy atom. The molecule has 0 N–H and O–H groups in total. The van der Waals surface area contributed by atoms with E-state index in [1.165, 1.54) is 0 Å². The van der Waals surface area contributed by atoms with E-state index in [0.29, 0.717) is 11.6 Å². The molecule has 76 valence electrons. The highest BCUT2D eigenvalue weighted by atomic mass is 79.9. The van der Waals surface area contributed by atoms with Gasteiger partial charge in [0.05, 0.1) is 13.0 Å². The van der Waals surface area contributed by atoms with E-state index < -0.39 is 0 Å². The molecular formula is C10H10BrClO2. The van der Waals surface area contributed by atoms with Gasteiger partial charge in [-0.25, -0.2) is 0 Å². The van der Waals surface area contributed by atoms with Crippen molar-refractivity contribution < 1.29 is 9.53 Å². The van der Waals surface area contributed by atoms with Gasteiger partial charge in [0.2, 0.25) is 0 Å². The van der Waals surface area contributed by atoms with Crippen molar-refractivity contribution in [3.63, 3.8) is 0 Å². The number of ether oxygens (including phenoxy) is 1. The van der Waals surface area contributed by atoms with Gasteiger partial charge in [-0.3, -0.25) is 4.79 Å². The predicted molar refractivity (Wildman–Crippen MR) is 59.5 cm³/mol. The molecule has 0 spiro atoms. The third kappa shape index (κ3) is 3.68. The van der Waals surface area contributed by atoms with Crippen LogP contribution in [0.15, 0.2) is 22.7 Å². The summed E-state index contributed by atoms with van der Waals surface area (Å²) in [6.45, 7) is 2.19. The summed E-state index contributed by atoms with van der Waals surface area (Å²) in [6.07, 6.45) is 0.257. The fourth-order valence-corrected chi connectivity index (χ4v) is 2.02. The topological polar surface area (TPSA) is 26.3 Å². The van der Waals surface area contributed by atoms with Gasteiger partial charge < -0.3 is 4.74 Å². The average molecular weight is 278 g/mol. The summed E-state index contributed by atoms with van der Waals surface area (Å²) in [4.78, 5) is 11.2. The number of rotatable bonds is 3. The molecule has 2 nitrogen and oxygen atoms in total. The summed E-state index contributed by atoms with van der Waals surface area (Å²) < 4.78 is 5.69. The highest BCUT2D eigenvalue weighted by Gasteiger charge is 2.05. The Kier molecular flexibility index (Phi) is 4.42. The summed E-state index contributed by atoms with van der Waals surface area (Å²) in [5, 5.41) is 0.610. The summed E-state index contributed by atoms with van der Waals surface area (Å²) >= 11 is 9.13. The van der Waals surface area contributed by atoms with E-state index >= 15 is 0 Å². The van der Waals surface area contributed by atoms with Crippen LogP contribution in [0.25, 0.3) is 0 Å². The van der Waals surface area contributed by atoms with E-state index in [9.17, 15) is 4.79 Å². The molecule has 1 rings (SSSR count). The largest absolute Gasteiger partial charge is 0.466 e. The zero-order valence-electron chi connectivity index (χ0n) is 7.72. The number of carbonyl (C=O) groups excluding carboxylic acids is 1. The van der Waals surface area contributed by atoms with Crippen molar-refractivity contribution >= 4 is 33.5 Å². The zero-order chi connectivity index (χ0) is 10.6. The van der Waals surface area contributed by atoms with Crippen LogP contribution in [0.2, 0.25) is 5.02 Å². The lowest BCUT2D eigenvalue weighted by atomic mass is 10.1. The predicted octanol–water partition coefficient (Wildman–Crippen LogP) is 3.21. The third-order valence-electron chi connectivity index (χ3n) is 1.58. The zero-order valence-corrected chi connectivity index (χ0v) is 10.1. The maximum Gasteiger partial charge on any atom is 0.310 e. The molecule has 0 aliphatic rings. The maximum atomic E-state index is 11.2. The van der Waals surface area contributed by atoms with Gasteiger partial charge in [-0.2, -0.15) is 0 Å². The number of halogens is 2. The van der Waals surface area contributed by atoms with Crippen LogP contribution < -0.4 is 0 Å². The fourth-order valence-electron chi connectivity index (χ4n) is 1.09. The number of benzene rings is 1. The van der Waals surface area contributed by atoms with Crippen molar-refractivity contribution in [3.05, 3.63) is 33.3 Å². The molecule has 0 aliphatic heterocycles. The molecule has 0 heterocycles. The summed E-state index contributed by atoms with van der Waals surface area (Å²) in [5.41, 5.74) is 0.850. The van der Waals surface area contributed by atoms with Gasteiger partial charge in [0.15, 0.2) is 0 Å². The Hall–Kier alpha value is -0.540. The highest BCUT2D eigenvalue weighted by molar-refractivity contribution is 9.10. The van der Waals surface area contributed by atoms with Crippen LogP contribution in [-0.2, 0) is 16.0 Å². The van der Waals surface area contributed by atoms with Gasteiger partial charge in [-0.15, -0.1) is 0 Å². The molecular weight excluding hydrogens is 267 g/mol. The smallest absolute Gasteiger partial charge is 0.310 e. The highest BCUT2D eigenvalue weighted by Crippen LogP contribution is 2.19. The lowest BCUT2D eigenvalue weighted by Gasteiger charge is -2.03. The average Bonchev–Trinajstić information content (AvgIpc) is 2.01. The van der Waals surface area contributed by atoms with Crippen LogP contribution in [-0.4, -0.2) is 12.6 Å². The maximum absolute atomic E-state index is 11.2. The van der Waals surface area contributed by atoms with E-state index in [1.807, 2.05) is 6.07 Å². The molecule has 0 saturated heterocycles. The number of carbonyl (C=O) groups is 1. The van der Waals surface area contributed by atoms with E-state index in [4.69, 9.17) is 16.3 Å². The van der Waals surface area contributed by atoms with Gasteiger partial charge in [0.1, 0.15) is 0 Å². The molecule has 0 amide bonds. The molecule has 1 aromatic carbocycles. The Labute approximate surface area is 96.3 Å². The molecule has 0 unspecified atom stereocenters. The van der Waals surface area contributed by atoms with Crippen LogP contribution in [0.1, 0.15) is 12.5 Å². The second-order valence-electron chi connectivity index (χ2n) is 2.76. The number of hydrogen-bond acceptors (Lipinski definition) is 2. The molecule has 4 heteroatoms. The van der Waals surface area contributed by atoms with Gasteiger partial charge in [-0.1, -0.05) is 27.5 Å². The second kappa shape index (κ2) is 5.37. The molecule has 0 fully saturated rings. The Morgan fingerprint density at radius 2 is 2.21 bits per heavy atom. The first-order chi connectivity index (χ1) is 6.61. The Bertz CT molecular complexity index is 319. The van der Waals surface area contributed by atoms with E-state index in [2.05, 4.69) is 15.9 Å². The quantitative estimate of drug-likeness (QED) is 0.793. The van der Waals surface area contributed by atoms with Crippen LogP contribution in [0.5, 0.6) is 0 Å². The first kappa shape index (κ1) is 11.5. The molecule has 0 atom stereocenters. The molecule has 14 heavy (non-hydrogen) atoms. The Morgan fingerprint density at radius 1 is 1.50 bits per heavy atom. The minimum Gasteiger partial charge on any atom is -0.466 e. The molecule has 0 aromatic heterocycles. The Balaban J connectivity index is 2.71. The third-order valence-corrected chi connectivity index (χ3v) is 2.25. The van der Waals surface area contributed by atoms with Crippen molar-refractivity contribution in [1.82, 2.24) is 0 Å². The minimum absolute atomic E-state index is 0.235. The molecule has 1 aromatic rings. The van der Waals surface area contributed by atoms with E-state index in [-0.39, 0.29) is 12.4 Å². The normalized spacial score (nSPS) is 9.93. The summed E-state index contributed by atoms with van der Waals surface area (Å²) in [6, 6.07) is 5.38. The fraction of sp³-hybridized carbons (Fsp3) is 0.300. The lowest BCUT2D eigenvalue weighted by Crippen LogP contribution is -2.07. The molecule has 0 bridgehead atoms. The lowest BCUT2D eigenvalue weighted by molar-refractivity contribution is -0.142. The first-order valence-electron chi connectivity index (χ1n) is 4.22. The standard InChI is InChI=1S/C10H10BrClO2/c1-2-14-10(13)5-7-3-8(11)6-9(12)4-7/h3-4,6H,2,5H2,1H3. The number of esters is 1. The monoisotopic (exact) mass is 276 g/mol. The van der Waals surface area contributed by atoms with Crippen molar-refractivity contribution in [2.24, 2.45) is 0 Å². The van der Waals surface area contributed by atoms with Crippen LogP contribution in [0.4, 0.5) is 0 Å². The summed E-state index contributed by atoms with van der Waals surface area (Å²) in [7, 11) is 0. The van der Waals surface area contributed by atoms with Crippen molar-refractivity contribution in [2.45, 2.75) is 13.3 Å². The van der Waals surface area contributed by atoms with Gasteiger partial charge in [0, 0.05) is 9.50 Å². The molecule has 0 saturated carbocycles. The van der Waals surface area contributed by atoms with E-state index in [1.54, 1.807) is 19.1 Å². The number of hydrogen-bond donors (Lipinski definition) is 0. The minimum atomic E-state index is -0.235. The van der Waals surface area contributed by atoms with Crippen LogP contribution >= 0.6 is 27.5 Å². The van der Waals surface area contributed by atoms with Gasteiger partial charge in [-0.05, 0) is 30.7 Å². The van der Waals surface area contributed by atoms with E-state index in [0.717, 1.165) is 10.0 Å². The van der Waals surface area contributed by atoms with Crippen molar-refractivity contribution in [1.29, 1.82) is 0 Å². The van der Waals surface area contributed by atoms with Crippen molar-refractivity contribution in [3.8, 4) is 0 Å². The second-order valence-corrected chi connectivity index (χ2v) is 4.11. The summed E-state index contributed by atoms with van der Waals surface area (Å²) in [5.74, 6) is -0.235. The van der Waals surface area contributed by atoms with Gasteiger partial charge >= 0.3 is 5.97 Å². The van der Waals surface area contributed by atoms with Crippen LogP contribution in [0, 0.1) is 0 Å². The van der Waals surface area contributed by atoms with Crippen LogP contribution in [0.3, 0.4) is 0 Å². The SMILES string of the molecule is CCOC(=O)Cc1cc(Cl)cc(Br)c1. The van der Waals surface area contributed by atoms with Crippen molar-refractivity contribution in [2.75, 3.05) is 6.61 Å². The molecule has 0 radical (unpaired) electrons. The molecule has 0 aliphatic carbocycles. The van der Waals surface area contributed by atoms with Gasteiger partial charge in [0.25, 0.3) is 0 Å². The first-order valence-corrected chi connectivity index (χ1v) is 5.39.